The molecule has 2 aromatic rings. The van der Waals surface area contributed by atoms with Crippen molar-refractivity contribution in [2.45, 2.75) is 20.0 Å². The number of halogens is 2. The predicted octanol–water partition coefficient (Wildman–Crippen LogP) is 3.93. The Morgan fingerprint density at radius 2 is 1.73 bits per heavy atom. The molecule has 0 saturated heterocycles. The van der Waals surface area contributed by atoms with Crippen LogP contribution in [0.4, 0.5) is 14.5 Å². The molecule has 0 radical (unpaired) electrons. The Bertz CT molecular complexity index is 847. The van der Waals surface area contributed by atoms with Crippen molar-refractivity contribution in [1.82, 2.24) is 5.32 Å². The van der Waals surface area contributed by atoms with Crippen molar-refractivity contribution in [1.29, 1.82) is 0 Å². The van der Waals surface area contributed by atoms with Crippen molar-refractivity contribution < 1.29 is 27.7 Å². The zero-order valence-electron chi connectivity index (χ0n) is 17.5. The minimum atomic E-state index is -2.92. The van der Waals surface area contributed by atoms with Crippen LogP contribution in [-0.2, 0) is 6.42 Å². The van der Waals surface area contributed by atoms with Crippen LogP contribution in [0.1, 0.15) is 12.5 Å². The summed E-state index contributed by atoms with van der Waals surface area (Å²) in [5, 5.41) is 6.35. The Labute approximate surface area is 175 Å². The second-order valence-corrected chi connectivity index (χ2v) is 6.04. The zero-order valence-corrected chi connectivity index (χ0v) is 17.5. The molecule has 0 aliphatic rings. The minimum Gasteiger partial charge on any atom is -0.493 e. The van der Waals surface area contributed by atoms with Crippen molar-refractivity contribution >= 4 is 11.6 Å². The van der Waals surface area contributed by atoms with Gasteiger partial charge in [-0.15, -0.1) is 0 Å². The molecule has 0 heterocycles. The van der Waals surface area contributed by atoms with Crippen LogP contribution in [-0.4, -0.2) is 47.0 Å². The molecule has 9 heteroatoms. The van der Waals surface area contributed by atoms with Crippen molar-refractivity contribution in [3.8, 4) is 23.0 Å². The zero-order chi connectivity index (χ0) is 21.9. The van der Waals surface area contributed by atoms with Gasteiger partial charge in [-0.05, 0) is 43.2 Å². The van der Waals surface area contributed by atoms with E-state index in [0.717, 1.165) is 11.3 Å². The van der Waals surface area contributed by atoms with Crippen molar-refractivity contribution in [2.24, 2.45) is 4.99 Å². The Morgan fingerprint density at radius 1 is 1.00 bits per heavy atom. The number of methoxy groups -OCH3 is 2. The third-order valence-electron chi connectivity index (χ3n) is 4.10. The topological polar surface area (TPSA) is 73.3 Å². The van der Waals surface area contributed by atoms with Gasteiger partial charge in [0.1, 0.15) is 0 Å². The van der Waals surface area contributed by atoms with Gasteiger partial charge in [0, 0.05) is 25.3 Å². The van der Waals surface area contributed by atoms with Crippen LogP contribution in [0, 0.1) is 0 Å². The lowest BCUT2D eigenvalue weighted by molar-refractivity contribution is -0.0512. The summed E-state index contributed by atoms with van der Waals surface area (Å²) in [4.78, 5) is 4.19. The van der Waals surface area contributed by atoms with E-state index in [1.807, 2.05) is 25.1 Å². The summed E-state index contributed by atoms with van der Waals surface area (Å²) in [5.74, 6) is 2.10. The molecule has 0 atom stereocenters. The molecule has 0 spiro atoms. The highest BCUT2D eigenvalue weighted by atomic mass is 19.3. The number of anilines is 1. The number of nitrogens with one attached hydrogen (secondary N) is 2. The van der Waals surface area contributed by atoms with E-state index < -0.39 is 6.61 Å². The van der Waals surface area contributed by atoms with E-state index in [2.05, 4.69) is 20.4 Å². The molecule has 0 amide bonds. The first-order valence-electron chi connectivity index (χ1n) is 9.40. The number of alkyl halides is 2. The highest BCUT2D eigenvalue weighted by molar-refractivity contribution is 5.93. The van der Waals surface area contributed by atoms with Gasteiger partial charge in [0.25, 0.3) is 0 Å². The molecule has 2 aromatic carbocycles. The lowest BCUT2D eigenvalue weighted by atomic mass is 10.1. The molecule has 7 nitrogen and oxygen atoms in total. The number of hydrogen-bond donors (Lipinski definition) is 2. The SMILES string of the molecule is CCOc1ccc(NC(=NC)NCCc2ccc(OC)c(OC(F)F)c2)cc1OC. The number of hydrogen-bond acceptors (Lipinski definition) is 5. The largest absolute Gasteiger partial charge is 0.493 e. The van der Waals surface area contributed by atoms with E-state index in [1.54, 1.807) is 32.4 Å². The molecule has 0 aliphatic carbocycles. The first-order valence-corrected chi connectivity index (χ1v) is 9.40. The normalized spacial score (nSPS) is 11.2. The summed E-state index contributed by atoms with van der Waals surface area (Å²) < 4.78 is 45.6. The number of rotatable bonds is 10. The fraction of sp³-hybridized carbons (Fsp3) is 0.381. The van der Waals surface area contributed by atoms with Crippen LogP contribution in [0.2, 0.25) is 0 Å². The maximum Gasteiger partial charge on any atom is 0.387 e. The van der Waals surface area contributed by atoms with Gasteiger partial charge in [-0.1, -0.05) is 6.07 Å². The van der Waals surface area contributed by atoms with Crippen LogP contribution in [0.25, 0.3) is 0 Å². The van der Waals surface area contributed by atoms with Gasteiger partial charge >= 0.3 is 6.61 Å². The van der Waals surface area contributed by atoms with Crippen molar-refractivity contribution in [3.63, 3.8) is 0 Å². The molecule has 164 valence electrons. The molecule has 0 bridgehead atoms. The van der Waals surface area contributed by atoms with Crippen LogP contribution in [0.5, 0.6) is 23.0 Å². The number of ether oxygens (including phenoxy) is 4. The molecular weight excluding hydrogens is 396 g/mol. The summed E-state index contributed by atoms with van der Waals surface area (Å²) in [6, 6.07) is 10.4. The average molecular weight is 423 g/mol. The van der Waals surface area contributed by atoms with Gasteiger partial charge < -0.3 is 29.6 Å². The van der Waals surface area contributed by atoms with Crippen LogP contribution in [0.3, 0.4) is 0 Å². The molecule has 0 fully saturated rings. The highest BCUT2D eigenvalue weighted by Crippen LogP contribution is 2.31. The average Bonchev–Trinajstić information content (AvgIpc) is 2.74. The summed E-state index contributed by atoms with van der Waals surface area (Å²) >= 11 is 0. The molecule has 30 heavy (non-hydrogen) atoms. The maximum atomic E-state index is 12.6. The molecule has 0 aliphatic heterocycles. The predicted molar refractivity (Wildman–Crippen MR) is 112 cm³/mol. The van der Waals surface area contributed by atoms with E-state index in [0.29, 0.717) is 37.0 Å². The second-order valence-electron chi connectivity index (χ2n) is 6.04. The summed E-state index contributed by atoms with van der Waals surface area (Å²) in [5.41, 5.74) is 1.60. The first-order chi connectivity index (χ1) is 14.5. The third-order valence-corrected chi connectivity index (χ3v) is 4.10. The summed E-state index contributed by atoms with van der Waals surface area (Å²) in [6.07, 6.45) is 0.566. The Hall–Kier alpha value is -3.23. The quantitative estimate of drug-likeness (QED) is 0.446. The van der Waals surface area contributed by atoms with Gasteiger partial charge in [0.05, 0.1) is 20.8 Å². The first kappa shape index (κ1) is 23.1. The van der Waals surface area contributed by atoms with E-state index in [1.165, 1.54) is 7.11 Å². The maximum absolute atomic E-state index is 12.6. The van der Waals surface area contributed by atoms with E-state index >= 15 is 0 Å². The highest BCUT2D eigenvalue weighted by Gasteiger charge is 2.11. The molecule has 2 rings (SSSR count). The van der Waals surface area contributed by atoms with Gasteiger partial charge in [0.2, 0.25) is 0 Å². The smallest absolute Gasteiger partial charge is 0.387 e. The van der Waals surface area contributed by atoms with E-state index in [-0.39, 0.29) is 11.5 Å². The fourth-order valence-electron chi connectivity index (χ4n) is 2.73. The van der Waals surface area contributed by atoms with Crippen LogP contribution in [0.15, 0.2) is 41.4 Å². The van der Waals surface area contributed by atoms with E-state index in [9.17, 15) is 8.78 Å². The van der Waals surface area contributed by atoms with Gasteiger partial charge in [-0.2, -0.15) is 8.78 Å². The second kappa shape index (κ2) is 11.7. The van der Waals surface area contributed by atoms with E-state index in [4.69, 9.17) is 14.2 Å². The Kier molecular flexibility index (Phi) is 8.99. The van der Waals surface area contributed by atoms with Gasteiger partial charge in [-0.3, -0.25) is 4.99 Å². The minimum absolute atomic E-state index is 0.00832. The van der Waals surface area contributed by atoms with Crippen LogP contribution >= 0.6 is 0 Å². The lowest BCUT2D eigenvalue weighted by Gasteiger charge is -2.15. The molecule has 0 saturated carbocycles. The van der Waals surface area contributed by atoms with Gasteiger partial charge in [-0.25, -0.2) is 0 Å². The van der Waals surface area contributed by atoms with Gasteiger partial charge in [0.15, 0.2) is 29.0 Å². The molecular formula is C21H27F2N3O4. The van der Waals surface area contributed by atoms with Crippen molar-refractivity contribution in [3.05, 3.63) is 42.0 Å². The lowest BCUT2D eigenvalue weighted by Crippen LogP contribution is -2.32. The number of benzene rings is 2. The van der Waals surface area contributed by atoms with Crippen LogP contribution < -0.4 is 29.6 Å². The molecule has 2 N–H and O–H groups in total. The standard InChI is InChI=1S/C21H27F2N3O4/c1-5-29-17-9-7-15(13-18(17)28-4)26-21(24-2)25-11-10-14-6-8-16(27-3)19(12-14)30-20(22)23/h6-9,12-13,20H,5,10-11H2,1-4H3,(H2,24,25,26). The summed E-state index contributed by atoms with van der Waals surface area (Å²) in [7, 11) is 4.64. The molecule has 0 aromatic heterocycles. The third kappa shape index (κ3) is 6.68. The Morgan fingerprint density at radius 3 is 2.37 bits per heavy atom. The Balaban J connectivity index is 1.96. The fourth-order valence-corrected chi connectivity index (χ4v) is 2.73. The number of nitrogens with zero attached hydrogens (tertiary/aromatic N) is 1. The summed E-state index contributed by atoms with van der Waals surface area (Å²) in [6.45, 7) is 0.0557. The number of guanidine groups is 1. The molecule has 0 unspecified atom stereocenters. The monoisotopic (exact) mass is 423 g/mol. The van der Waals surface area contributed by atoms with Crippen molar-refractivity contribution in [2.75, 3.05) is 39.7 Å². The number of aliphatic imine (C=N–C) groups is 1.